The third kappa shape index (κ3) is 3.83. The molecule has 2 aromatic heterocycles. The van der Waals surface area contributed by atoms with Gasteiger partial charge in [-0.3, -0.25) is 9.88 Å². The van der Waals surface area contributed by atoms with Crippen molar-refractivity contribution in [1.29, 1.82) is 0 Å². The van der Waals surface area contributed by atoms with Crippen LogP contribution >= 0.6 is 0 Å². The third-order valence-corrected chi connectivity index (χ3v) is 4.99. The Bertz CT molecular complexity index is 850. The summed E-state index contributed by atoms with van der Waals surface area (Å²) in [6, 6.07) is 8.49. The van der Waals surface area contributed by atoms with Gasteiger partial charge in [0.2, 0.25) is 5.95 Å². The van der Waals surface area contributed by atoms with Crippen molar-refractivity contribution in [2.24, 2.45) is 0 Å². The fourth-order valence-corrected chi connectivity index (χ4v) is 3.67. The lowest BCUT2D eigenvalue weighted by Gasteiger charge is -2.26. The molecule has 0 saturated carbocycles. The summed E-state index contributed by atoms with van der Waals surface area (Å²) in [5.41, 5.74) is 2.47. The smallest absolute Gasteiger partial charge is 0.225 e. The molecule has 1 aliphatic rings. The summed E-state index contributed by atoms with van der Waals surface area (Å²) in [6.45, 7) is 3.88. The zero-order chi connectivity index (χ0) is 17.8. The van der Waals surface area contributed by atoms with Crippen LogP contribution in [0.25, 0.3) is 10.8 Å². The number of anilines is 1. The Morgan fingerprint density at radius 1 is 0.962 bits per heavy atom. The molecule has 0 N–H and O–H groups in total. The molecule has 0 atom stereocenters. The van der Waals surface area contributed by atoms with E-state index in [1.165, 1.54) is 35.6 Å². The lowest BCUT2D eigenvalue weighted by molar-refractivity contribution is 0.319. The highest BCUT2D eigenvalue weighted by Gasteiger charge is 2.13. The lowest BCUT2D eigenvalue weighted by Crippen LogP contribution is -2.31. The van der Waals surface area contributed by atoms with E-state index >= 15 is 0 Å². The van der Waals surface area contributed by atoms with E-state index in [2.05, 4.69) is 56.1 Å². The van der Waals surface area contributed by atoms with Crippen LogP contribution in [0.3, 0.4) is 0 Å². The maximum Gasteiger partial charge on any atom is 0.225 e. The molecule has 5 nitrogen and oxygen atoms in total. The molecule has 0 spiro atoms. The number of hydrogen-bond donors (Lipinski definition) is 0. The SMILES string of the molecule is CN(Cc1cnc(N2CCCCC2)nc1)Cc1cccc2cnccc12. The van der Waals surface area contributed by atoms with Crippen molar-refractivity contribution in [2.75, 3.05) is 25.0 Å². The average Bonchev–Trinajstić information content (AvgIpc) is 2.69. The third-order valence-electron chi connectivity index (χ3n) is 4.99. The van der Waals surface area contributed by atoms with Crippen LogP contribution in [0.5, 0.6) is 0 Å². The van der Waals surface area contributed by atoms with Gasteiger partial charge in [-0.05, 0) is 43.3 Å². The van der Waals surface area contributed by atoms with Crippen LogP contribution in [-0.4, -0.2) is 40.0 Å². The first-order chi connectivity index (χ1) is 12.8. The topological polar surface area (TPSA) is 45.2 Å². The Morgan fingerprint density at radius 3 is 2.58 bits per heavy atom. The summed E-state index contributed by atoms with van der Waals surface area (Å²) in [4.78, 5) is 18.0. The Hall–Kier alpha value is -2.53. The van der Waals surface area contributed by atoms with Crippen molar-refractivity contribution < 1.29 is 0 Å². The molecule has 1 aromatic carbocycles. The molecule has 3 aromatic rings. The molecular formula is C21H25N5. The van der Waals surface area contributed by atoms with Crippen LogP contribution < -0.4 is 4.90 Å². The Balaban J connectivity index is 1.42. The lowest BCUT2D eigenvalue weighted by atomic mass is 10.1. The van der Waals surface area contributed by atoms with Gasteiger partial charge >= 0.3 is 0 Å². The van der Waals surface area contributed by atoms with E-state index in [4.69, 9.17) is 0 Å². The number of pyridine rings is 1. The molecule has 1 fully saturated rings. The molecule has 26 heavy (non-hydrogen) atoms. The molecule has 3 heterocycles. The first kappa shape index (κ1) is 16.9. The second-order valence-electron chi connectivity index (χ2n) is 7.13. The number of piperidine rings is 1. The summed E-state index contributed by atoms with van der Waals surface area (Å²) in [7, 11) is 2.14. The average molecular weight is 347 g/mol. The van der Waals surface area contributed by atoms with Crippen LogP contribution in [0.1, 0.15) is 30.4 Å². The van der Waals surface area contributed by atoms with Gasteiger partial charge in [-0.1, -0.05) is 18.2 Å². The number of nitrogens with zero attached hydrogens (tertiary/aromatic N) is 5. The van der Waals surface area contributed by atoms with E-state index in [0.29, 0.717) is 0 Å². The highest BCUT2D eigenvalue weighted by Crippen LogP contribution is 2.20. The van der Waals surface area contributed by atoms with E-state index in [-0.39, 0.29) is 0 Å². The molecular weight excluding hydrogens is 322 g/mol. The Kier molecular flexibility index (Phi) is 5.07. The van der Waals surface area contributed by atoms with Crippen LogP contribution in [-0.2, 0) is 13.1 Å². The minimum atomic E-state index is 0.835. The molecule has 1 saturated heterocycles. The maximum atomic E-state index is 4.59. The number of hydrogen-bond acceptors (Lipinski definition) is 5. The predicted octanol–water partition coefficient (Wildman–Crippen LogP) is 3.65. The van der Waals surface area contributed by atoms with E-state index in [9.17, 15) is 0 Å². The number of aromatic nitrogens is 3. The number of benzene rings is 1. The quantitative estimate of drug-likeness (QED) is 0.705. The van der Waals surface area contributed by atoms with Crippen molar-refractivity contribution >= 4 is 16.7 Å². The summed E-state index contributed by atoms with van der Waals surface area (Å²) in [6.07, 6.45) is 11.5. The van der Waals surface area contributed by atoms with Crippen LogP contribution in [0.2, 0.25) is 0 Å². The molecule has 0 radical (unpaired) electrons. The van der Waals surface area contributed by atoms with Gasteiger partial charge in [0.1, 0.15) is 0 Å². The van der Waals surface area contributed by atoms with Gasteiger partial charge in [-0.2, -0.15) is 0 Å². The maximum absolute atomic E-state index is 4.59. The molecule has 0 aliphatic carbocycles. The normalized spacial score (nSPS) is 14.9. The summed E-state index contributed by atoms with van der Waals surface area (Å²) in [5, 5.41) is 2.46. The Morgan fingerprint density at radius 2 is 1.77 bits per heavy atom. The number of rotatable bonds is 5. The molecule has 134 valence electrons. The van der Waals surface area contributed by atoms with Gasteiger partial charge in [0.15, 0.2) is 0 Å². The van der Waals surface area contributed by atoms with Gasteiger partial charge < -0.3 is 4.90 Å². The molecule has 0 amide bonds. The monoisotopic (exact) mass is 347 g/mol. The van der Waals surface area contributed by atoms with Crippen LogP contribution in [0, 0.1) is 0 Å². The second-order valence-corrected chi connectivity index (χ2v) is 7.13. The summed E-state index contributed by atoms with van der Waals surface area (Å²) < 4.78 is 0. The summed E-state index contributed by atoms with van der Waals surface area (Å²) >= 11 is 0. The van der Waals surface area contributed by atoms with Crippen molar-refractivity contribution in [1.82, 2.24) is 19.9 Å². The second kappa shape index (κ2) is 7.79. The minimum absolute atomic E-state index is 0.835. The number of fused-ring (bicyclic) bond motifs is 1. The largest absolute Gasteiger partial charge is 0.341 e. The molecule has 4 rings (SSSR count). The zero-order valence-corrected chi connectivity index (χ0v) is 15.3. The molecule has 1 aliphatic heterocycles. The van der Waals surface area contributed by atoms with Gasteiger partial charge in [-0.15, -0.1) is 0 Å². The van der Waals surface area contributed by atoms with Gasteiger partial charge in [0.25, 0.3) is 0 Å². The van der Waals surface area contributed by atoms with E-state index in [1.807, 2.05) is 24.8 Å². The standard InChI is InChI=1S/C21H25N5/c1-25(16-19-7-5-6-18-14-22-9-8-20(18)19)15-17-12-23-21(24-13-17)26-10-3-2-4-11-26/h5-9,12-14H,2-4,10-11,15-16H2,1H3. The van der Waals surface area contributed by atoms with E-state index in [0.717, 1.165) is 37.7 Å². The molecule has 0 unspecified atom stereocenters. The van der Waals surface area contributed by atoms with Crippen molar-refractivity contribution in [3.8, 4) is 0 Å². The van der Waals surface area contributed by atoms with Crippen molar-refractivity contribution in [3.63, 3.8) is 0 Å². The van der Waals surface area contributed by atoms with Crippen LogP contribution in [0.4, 0.5) is 5.95 Å². The molecule has 0 bridgehead atoms. The molecule has 5 heteroatoms. The zero-order valence-electron chi connectivity index (χ0n) is 15.3. The highest BCUT2D eigenvalue weighted by molar-refractivity contribution is 5.84. The van der Waals surface area contributed by atoms with Crippen molar-refractivity contribution in [2.45, 2.75) is 32.4 Å². The fourth-order valence-electron chi connectivity index (χ4n) is 3.67. The van der Waals surface area contributed by atoms with Crippen molar-refractivity contribution in [3.05, 3.63) is 60.2 Å². The predicted molar refractivity (Wildman–Crippen MR) is 105 cm³/mol. The van der Waals surface area contributed by atoms with Gasteiger partial charge in [0, 0.05) is 61.9 Å². The summed E-state index contributed by atoms with van der Waals surface area (Å²) in [5.74, 6) is 0.873. The Labute approximate surface area is 154 Å². The first-order valence-corrected chi connectivity index (χ1v) is 9.35. The van der Waals surface area contributed by atoms with E-state index in [1.54, 1.807) is 0 Å². The van der Waals surface area contributed by atoms with Gasteiger partial charge in [-0.25, -0.2) is 9.97 Å². The fraction of sp³-hybridized carbons (Fsp3) is 0.381. The van der Waals surface area contributed by atoms with E-state index < -0.39 is 0 Å². The van der Waals surface area contributed by atoms with Gasteiger partial charge in [0.05, 0.1) is 0 Å². The minimum Gasteiger partial charge on any atom is -0.341 e. The first-order valence-electron chi connectivity index (χ1n) is 9.35. The highest BCUT2D eigenvalue weighted by atomic mass is 15.2. The van der Waals surface area contributed by atoms with Crippen LogP contribution in [0.15, 0.2) is 49.1 Å².